The number of ether oxygens (including phenoxy) is 1. The van der Waals surface area contributed by atoms with Crippen molar-refractivity contribution in [1.29, 1.82) is 5.26 Å². The Labute approximate surface area is 164 Å². The first kappa shape index (κ1) is 19.2. The summed E-state index contributed by atoms with van der Waals surface area (Å²) in [7, 11) is 1.74. The van der Waals surface area contributed by atoms with Gasteiger partial charge in [-0.25, -0.2) is 9.97 Å². The molecule has 0 amide bonds. The topological polar surface area (TPSA) is 75.8 Å². The molecule has 0 spiro atoms. The Morgan fingerprint density at radius 3 is 2.79 bits per heavy atom. The van der Waals surface area contributed by atoms with Crippen molar-refractivity contribution in [1.82, 2.24) is 19.9 Å². The number of alkyl halides is 3. The summed E-state index contributed by atoms with van der Waals surface area (Å²) in [5.41, 5.74) is 0.750. The van der Waals surface area contributed by atoms with Gasteiger partial charge < -0.3 is 14.6 Å². The third-order valence-electron chi connectivity index (χ3n) is 4.77. The van der Waals surface area contributed by atoms with Gasteiger partial charge in [-0.15, -0.1) is 0 Å². The summed E-state index contributed by atoms with van der Waals surface area (Å²) < 4.78 is 47.9. The molecule has 1 aromatic carbocycles. The van der Waals surface area contributed by atoms with Gasteiger partial charge in [0, 0.05) is 25.2 Å². The summed E-state index contributed by atoms with van der Waals surface area (Å²) in [6, 6.07) is 7.87. The highest BCUT2D eigenvalue weighted by molar-refractivity contribution is 5.84. The summed E-state index contributed by atoms with van der Waals surface area (Å²) in [5, 5.41) is 12.5. The Bertz CT molecular complexity index is 1100. The monoisotopic (exact) mass is 401 g/mol. The van der Waals surface area contributed by atoms with Crippen LogP contribution in [-0.2, 0) is 13.2 Å². The zero-order valence-electron chi connectivity index (χ0n) is 15.6. The van der Waals surface area contributed by atoms with E-state index in [9.17, 15) is 18.4 Å². The Morgan fingerprint density at radius 2 is 2.10 bits per heavy atom. The summed E-state index contributed by atoms with van der Waals surface area (Å²) in [6.45, 7) is 0.644. The SMILES string of the molecule is Cn1cnc2c(C#N)nc(-c3ccc(OCCNC4CC4)c(C(F)(F)F)c3)cc21. The number of hydrogen-bond acceptors (Lipinski definition) is 5. The number of aromatic nitrogens is 3. The van der Waals surface area contributed by atoms with E-state index >= 15 is 0 Å². The fraction of sp³-hybridized carbons (Fsp3) is 0.350. The highest BCUT2D eigenvalue weighted by atomic mass is 19.4. The van der Waals surface area contributed by atoms with Crippen LogP contribution in [0.25, 0.3) is 22.3 Å². The van der Waals surface area contributed by atoms with Gasteiger partial charge in [0.05, 0.1) is 23.1 Å². The first-order valence-corrected chi connectivity index (χ1v) is 9.17. The van der Waals surface area contributed by atoms with E-state index in [0.29, 0.717) is 23.6 Å². The molecule has 2 heterocycles. The Hall–Kier alpha value is -3.12. The van der Waals surface area contributed by atoms with Crippen LogP contribution >= 0.6 is 0 Å². The van der Waals surface area contributed by atoms with Gasteiger partial charge in [0.1, 0.15) is 23.9 Å². The third-order valence-corrected chi connectivity index (χ3v) is 4.77. The second-order valence-electron chi connectivity index (χ2n) is 6.98. The van der Waals surface area contributed by atoms with E-state index in [1.54, 1.807) is 17.7 Å². The number of benzene rings is 1. The molecule has 3 aromatic rings. The van der Waals surface area contributed by atoms with Gasteiger partial charge in [0.2, 0.25) is 0 Å². The highest BCUT2D eigenvalue weighted by Crippen LogP contribution is 2.39. The molecule has 9 heteroatoms. The van der Waals surface area contributed by atoms with Crippen LogP contribution in [0.3, 0.4) is 0 Å². The van der Waals surface area contributed by atoms with Crippen molar-refractivity contribution in [2.75, 3.05) is 13.2 Å². The highest BCUT2D eigenvalue weighted by Gasteiger charge is 2.35. The van der Waals surface area contributed by atoms with E-state index in [4.69, 9.17) is 4.74 Å². The molecule has 4 rings (SSSR count). The predicted octanol–water partition coefficient (Wildman–Crippen LogP) is 3.66. The van der Waals surface area contributed by atoms with Crippen molar-refractivity contribution in [2.24, 2.45) is 7.05 Å². The van der Waals surface area contributed by atoms with Crippen LogP contribution in [0.5, 0.6) is 5.75 Å². The molecule has 0 bridgehead atoms. The van der Waals surface area contributed by atoms with Gasteiger partial charge in [-0.1, -0.05) is 0 Å². The summed E-state index contributed by atoms with van der Waals surface area (Å²) in [4.78, 5) is 8.33. The smallest absolute Gasteiger partial charge is 0.419 e. The fourth-order valence-electron chi connectivity index (χ4n) is 3.10. The number of nitrogens with zero attached hydrogens (tertiary/aromatic N) is 4. The van der Waals surface area contributed by atoms with Crippen molar-refractivity contribution < 1.29 is 17.9 Å². The molecule has 0 radical (unpaired) electrons. The van der Waals surface area contributed by atoms with E-state index in [1.807, 2.05) is 6.07 Å². The number of aryl methyl sites for hydroxylation is 1. The molecule has 0 unspecified atom stereocenters. The van der Waals surface area contributed by atoms with Gasteiger partial charge in [0.25, 0.3) is 0 Å². The maximum absolute atomic E-state index is 13.6. The molecule has 1 saturated carbocycles. The maximum atomic E-state index is 13.6. The van der Waals surface area contributed by atoms with Gasteiger partial charge in [-0.3, -0.25) is 0 Å². The lowest BCUT2D eigenvalue weighted by atomic mass is 10.1. The Balaban J connectivity index is 1.68. The maximum Gasteiger partial charge on any atom is 0.419 e. The van der Waals surface area contributed by atoms with Crippen LogP contribution in [0.4, 0.5) is 13.2 Å². The molecule has 6 nitrogen and oxygen atoms in total. The molecule has 2 aromatic heterocycles. The van der Waals surface area contributed by atoms with Crippen molar-refractivity contribution in [2.45, 2.75) is 25.1 Å². The van der Waals surface area contributed by atoms with Crippen LogP contribution < -0.4 is 10.1 Å². The van der Waals surface area contributed by atoms with Crippen LogP contribution in [0.15, 0.2) is 30.6 Å². The molecule has 1 fully saturated rings. The molecule has 0 saturated heterocycles. The normalized spacial score (nSPS) is 14.2. The van der Waals surface area contributed by atoms with Crippen molar-refractivity contribution in [3.05, 3.63) is 41.9 Å². The van der Waals surface area contributed by atoms with E-state index in [-0.39, 0.29) is 29.3 Å². The van der Waals surface area contributed by atoms with Gasteiger partial charge in [0.15, 0.2) is 5.69 Å². The summed E-state index contributed by atoms with van der Waals surface area (Å²) in [5.74, 6) is -0.221. The van der Waals surface area contributed by atoms with Gasteiger partial charge >= 0.3 is 6.18 Å². The molecular formula is C20H18F3N5O. The number of pyridine rings is 1. The number of imidazole rings is 1. The molecule has 0 atom stereocenters. The number of nitrogens with one attached hydrogen (secondary N) is 1. The molecular weight excluding hydrogens is 383 g/mol. The lowest BCUT2D eigenvalue weighted by Gasteiger charge is -2.16. The molecule has 1 aliphatic carbocycles. The molecule has 1 aliphatic rings. The zero-order valence-corrected chi connectivity index (χ0v) is 15.6. The van der Waals surface area contributed by atoms with E-state index in [1.165, 1.54) is 18.5 Å². The average Bonchev–Trinajstić information content (AvgIpc) is 3.45. The second-order valence-corrected chi connectivity index (χ2v) is 6.98. The number of fused-ring (bicyclic) bond motifs is 1. The number of halogens is 3. The van der Waals surface area contributed by atoms with Crippen LogP contribution in [0, 0.1) is 11.3 Å². The molecule has 0 aliphatic heterocycles. The third kappa shape index (κ3) is 4.03. The first-order chi connectivity index (χ1) is 13.9. The molecule has 1 N–H and O–H groups in total. The number of nitriles is 1. The van der Waals surface area contributed by atoms with E-state index in [0.717, 1.165) is 18.9 Å². The van der Waals surface area contributed by atoms with E-state index in [2.05, 4.69) is 15.3 Å². The minimum Gasteiger partial charge on any atom is -0.492 e. The van der Waals surface area contributed by atoms with Crippen molar-refractivity contribution in [3.8, 4) is 23.1 Å². The molecule has 29 heavy (non-hydrogen) atoms. The standard InChI is InChI=1S/C20H18F3N5O/c1-28-11-26-19-16(10-24)27-15(9-17(19)28)12-2-5-18(14(8-12)20(21,22)23)29-7-6-25-13-3-4-13/h2,5,8-9,11,13,25H,3-4,6-7H2,1H3. The van der Waals surface area contributed by atoms with Gasteiger partial charge in [-0.2, -0.15) is 18.4 Å². The Morgan fingerprint density at radius 1 is 1.31 bits per heavy atom. The minimum absolute atomic E-state index is 0.0677. The first-order valence-electron chi connectivity index (χ1n) is 9.17. The van der Waals surface area contributed by atoms with Gasteiger partial charge in [-0.05, 0) is 37.1 Å². The van der Waals surface area contributed by atoms with E-state index < -0.39 is 11.7 Å². The number of rotatable bonds is 6. The summed E-state index contributed by atoms with van der Waals surface area (Å²) >= 11 is 0. The Kier molecular flexibility index (Phi) is 4.88. The largest absolute Gasteiger partial charge is 0.492 e. The minimum atomic E-state index is -4.58. The number of hydrogen-bond donors (Lipinski definition) is 1. The zero-order chi connectivity index (χ0) is 20.6. The predicted molar refractivity (Wildman–Crippen MR) is 100 cm³/mol. The second kappa shape index (κ2) is 7.37. The lowest BCUT2D eigenvalue weighted by Crippen LogP contribution is -2.23. The van der Waals surface area contributed by atoms with Crippen LogP contribution in [0.2, 0.25) is 0 Å². The lowest BCUT2D eigenvalue weighted by molar-refractivity contribution is -0.138. The van der Waals surface area contributed by atoms with Crippen LogP contribution in [0.1, 0.15) is 24.1 Å². The average molecular weight is 401 g/mol. The molecule has 150 valence electrons. The quantitative estimate of drug-likeness (QED) is 0.638. The van der Waals surface area contributed by atoms with Crippen molar-refractivity contribution >= 4 is 11.0 Å². The summed E-state index contributed by atoms with van der Waals surface area (Å²) in [6.07, 6.45) is -0.850. The van der Waals surface area contributed by atoms with Crippen molar-refractivity contribution in [3.63, 3.8) is 0 Å². The fourth-order valence-corrected chi connectivity index (χ4v) is 3.10. The van der Waals surface area contributed by atoms with Crippen LogP contribution in [-0.4, -0.2) is 33.7 Å².